The molecule has 0 amide bonds. The molecule has 0 aromatic heterocycles. The molecule has 0 aliphatic rings. The number of hydrogen-bond acceptors (Lipinski definition) is 2. The second kappa shape index (κ2) is 7.01. The van der Waals surface area contributed by atoms with E-state index in [1.54, 1.807) is 18.2 Å². The standard InChI is InChI=1S/C16H17F2NO/c1-2-9-19-11-12-7-8-16(14(18)10-12)20-15-6-4-3-5-13(15)17/h3-8,10,19H,2,9,11H2,1H3. The van der Waals surface area contributed by atoms with Gasteiger partial charge in [0.2, 0.25) is 0 Å². The van der Waals surface area contributed by atoms with Gasteiger partial charge in [0, 0.05) is 6.54 Å². The lowest BCUT2D eigenvalue weighted by atomic mass is 10.2. The number of hydrogen-bond donors (Lipinski definition) is 1. The van der Waals surface area contributed by atoms with Crippen molar-refractivity contribution in [1.82, 2.24) is 5.32 Å². The average Bonchev–Trinajstić information content (AvgIpc) is 2.44. The summed E-state index contributed by atoms with van der Waals surface area (Å²) < 4.78 is 32.6. The van der Waals surface area contributed by atoms with E-state index in [2.05, 4.69) is 12.2 Å². The van der Waals surface area contributed by atoms with Crippen LogP contribution >= 0.6 is 0 Å². The van der Waals surface area contributed by atoms with Gasteiger partial charge in [0.15, 0.2) is 23.1 Å². The van der Waals surface area contributed by atoms with Gasteiger partial charge in [-0.1, -0.05) is 25.1 Å². The highest BCUT2D eigenvalue weighted by Crippen LogP contribution is 2.27. The van der Waals surface area contributed by atoms with Crippen LogP contribution in [0.5, 0.6) is 11.5 Å². The number of rotatable bonds is 6. The van der Waals surface area contributed by atoms with Crippen molar-refractivity contribution in [2.45, 2.75) is 19.9 Å². The molecule has 2 rings (SSSR count). The summed E-state index contributed by atoms with van der Waals surface area (Å²) in [4.78, 5) is 0. The van der Waals surface area contributed by atoms with Gasteiger partial charge in [-0.05, 0) is 42.8 Å². The summed E-state index contributed by atoms with van der Waals surface area (Å²) in [5.41, 5.74) is 0.830. The van der Waals surface area contributed by atoms with Gasteiger partial charge >= 0.3 is 0 Å². The molecular weight excluding hydrogens is 260 g/mol. The lowest BCUT2D eigenvalue weighted by molar-refractivity contribution is 0.414. The third-order valence-corrected chi connectivity index (χ3v) is 2.81. The van der Waals surface area contributed by atoms with Gasteiger partial charge in [0.25, 0.3) is 0 Å². The molecule has 4 heteroatoms. The third-order valence-electron chi connectivity index (χ3n) is 2.81. The van der Waals surface area contributed by atoms with E-state index in [0.717, 1.165) is 18.5 Å². The number of ether oxygens (including phenoxy) is 1. The molecule has 2 aromatic carbocycles. The van der Waals surface area contributed by atoms with Gasteiger partial charge in [-0.15, -0.1) is 0 Å². The summed E-state index contributed by atoms with van der Waals surface area (Å²) >= 11 is 0. The Kier molecular flexibility index (Phi) is 5.07. The van der Waals surface area contributed by atoms with Crippen molar-refractivity contribution in [2.24, 2.45) is 0 Å². The normalized spacial score (nSPS) is 10.6. The first-order valence-corrected chi connectivity index (χ1v) is 6.62. The van der Waals surface area contributed by atoms with Crippen molar-refractivity contribution in [2.75, 3.05) is 6.54 Å². The van der Waals surface area contributed by atoms with Gasteiger partial charge in [-0.2, -0.15) is 0 Å². The molecule has 0 saturated carbocycles. The fraction of sp³-hybridized carbons (Fsp3) is 0.250. The molecule has 2 aromatic rings. The molecule has 20 heavy (non-hydrogen) atoms. The first-order chi connectivity index (χ1) is 9.70. The van der Waals surface area contributed by atoms with Crippen molar-refractivity contribution in [1.29, 1.82) is 0 Å². The minimum Gasteiger partial charge on any atom is -0.451 e. The van der Waals surface area contributed by atoms with Gasteiger partial charge in [0.05, 0.1) is 0 Å². The Morgan fingerprint density at radius 1 is 1.00 bits per heavy atom. The molecule has 0 bridgehead atoms. The number of para-hydroxylation sites is 1. The van der Waals surface area contributed by atoms with Crippen LogP contribution in [-0.2, 0) is 6.54 Å². The maximum absolute atomic E-state index is 13.9. The maximum atomic E-state index is 13.9. The quantitative estimate of drug-likeness (QED) is 0.797. The molecule has 2 nitrogen and oxygen atoms in total. The van der Waals surface area contributed by atoms with Crippen LogP contribution in [0.15, 0.2) is 42.5 Å². The Labute approximate surface area is 117 Å². The van der Waals surface area contributed by atoms with E-state index in [9.17, 15) is 8.78 Å². The van der Waals surface area contributed by atoms with Crippen molar-refractivity contribution >= 4 is 0 Å². The van der Waals surface area contributed by atoms with Crippen LogP contribution in [0.4, 0.5) is 8.78 Å². The summed E-state index contributed by atoms with van der Waals surface area (Å²) in [6, 6.07) is 10.6. The number of halogens is 2. The summed E-state index contributed by atoms with van der Waals surface area (Å²) in [5.74, 6) is -0.970. The van der Waals surface area contributed by atoms with Crippen LogP contribution in [0, 0.1) is 11.6 Å². The van der Waals surface area contributed by atoms with E-state index in [1.807, 2.05) is 0 Å². The lowest BCUT2D eigenvalue weighted by Crippen LogP contribution is -2.13. The molecular formula is C16H17F2NO. The first-order valence-electron chi connectivity index (χ1n) is 6.62. The molecule has 0 atom stereocenters. The maximum Gasteiger partial charge on any atom is 0.166 e. The van der Waals surface area contributed by atoms with E-state index in [0.29, 0.717) is 6.54 Å². The van der Waals surface area contributed by atoms with E-state index in [-0.39, 0.29) is 11.5 Å². The number of nitrogens with one attached hydrogen (secondary N) is 1. The average molecular weight is 277 g/mol. The molecule has 0 heterocycles. The summed E-state index contributed by atoms with van der Waals surface area (Å²) in [6.07, 6.45) is 1.02. The Balaban J connectivity index is 2.08. The summed E-state index contributed by atoms with van der Waals surface area (Å²) in [7, 11) is 0. The van der Waals surface area contributed by atoms with Crippen molar-refractivity contribution < 1.29 is 13.5 Å². The topological polar surface area (TPSA) is 21.3 Å². The van der Waals surface area contributed by atoms with Crippen LogP contribution in [0.3, 0.4) is 0 Å². The number of benzene rings is 2. The van der Waals surface area contributed by atoms with Gasteiger partial charge in [-0.25, -0.2) is 8.78 Å². The first kappa shape index (κ1) is 14.5. The third kappa shape index (κ3) is 3.78. The van der Waals surface area contributed by atoms with Gasteiger partial charge in [-0.3, -0.25) is 0 Å². The largest absolute Gasteiger partial charge is 0.451 e. The molecule has 0 saturated heterocycles. The highest BCUT2D eigenvalue weighted by molar-refractivity contribution is 5.35. The summed E-state index contributed by atoms with van der Waals surface area (Å²) in [6.45, 7) is 3.55. The van der Waals surface area contributed by atoms with E-state index >= 15 is 0 Å². The van der Waals surface area contributed by atoms with Gasteiger partial charge < -0.3 is 10.1 Å². The highest BCUT2D eigenvalue weighted by Gasteiger charge is 2.08. The van der Waals surface area contributed by atoms with Gasteiger partial charge in [0.1, 0.15) is 0 Å². The minimum absolute atomic E-state index is 0.0169. The Morgan fingerprint density at radius 3 is 2.45 bits per heavy atom. The van der Waals surface area contributed by atoms with Crippen LogP contribution in [0.25, 0.3) is 0 Å². The molecule has 0 unspecified atom stereocenters. The molecule has 106 valence electrons. The predicted molar refractivity (Wildman–Crippen MR) is 74.9 cm³/mol. The van der Waals surface area contributed by atoms with Crippen LogP contribution in [0.2, 0.25) is 0 Å². The molecule has 0 fully saturated rings. The molecule has 0 spiro atoms. The minimum atomic E-state index is -0.513. The van der Waals surface area contributed by atoms with E-state index in [1.165, 1.54) is 24.3 Å². The second-order valence-electron chi connectivity index (χ2n) is 4.47. The van der Waals surface area contributed by atoms with Crippen molar-refractivity contribution in [3.05, 3.63) is 59.7 Å². The lowest BCUT2D eigenvalue weighted by Gasteiger charge is -2.09. The summed E-state index contributed by atoms with van der Waals surface area (Å²) in [5, 5.41) is 3.19. The zero-order chi connectivity index (χ0) is 14.4. The smallest absolute Gasteiger partial charge is 0.166 e. The zero-order valence-electron chi connectivity index (χ0n) is 11.3. The monoisotopic (exact) mass is 277 g/mol. The zero-order valence-corrected chi connectivity index (χ0v) is 11.3. The molecule has 0 aliphatic heterocycles. The van der Waals surface area contributed by atoms with E-state index < -0.39 is 11.6 Å². The molecule has 1 N–H and O–H groups in total. The SMILES string of the molecule is CCCNCc1ccc(Oc2ccccc2F)c(F)c1. The Bertz CT molecular complexity index is 572. The Morgan fingerprint density at radius 2 is 1.75 bits per heavy atom. The highest BCUT2D eigenvalue weighted by atomic mass is 19.1. The van der Waals surface area contributed by atoms with Crippen LogP contribution in [-0.4, -0.2) is 6.54 Å². The van der Waals surface area contributed by atoms with Crippen LogP contribution in [0.1, 0.15) is 18.9 Å². The molecule has 0 radical (unpaired) electrons. The fourth-order valence-corrected chi connectivity index (χ4v) is 1.79. The fourth-order valence-electron chi connectivity index (χ4n) is 1.79. The second-order valence-corrected chi connectivity index (χ2v) is 4.47. The van der Waals surface area contributed by atoms with Crippen LogP contribution < -0.4 is 10.1 Å². The van der Waals surface area contributed by atoms with Crippen molar-refractivity contribution in [3.63, 3.8) is 0 Å². The Hall–Kier alpha value is -1.94. The molecule has 0 aliphatic carbocycles. The predicted octanol–water partition coefficient (Wildman–Crippen LogP) is 4.26. The van der Waals surface area contributed by atoms with E-state index in [4.69, 9.17) is 4.74 Å². The van der Waals surface area contributed by atoms with Crippen molar-refractivity contribution in [3.8, 4) is 11.5 Å².